The number of hydrogen-bond acceptors (Lipinski definition) is 4. The molecule has 1 aliphatic rings. The highest BCUT2D eigenvalue weighted by Crippen LogP contribution is 2.38. The van der Waals surface area contributed by atoms with Crippen molar-refractivity contribution in [2.24, 2.45) is 0 Å². The molecule has 92 valence electrons. The van der Waals surface area contributed by atoms with E-state index in [9.17, 15) is 4.79 Å². The summed E-state index contributed by atoms with van der Waals surface area (Å²) < 4.78 is 10.1. The fourth-order valence-corrected chi connectivity index (χ4v) is 2.11. The average Bonchev–Trinajstić information content (AvgIpc) is 2.33. The van der Waals surface area contributed by atoms with Crippen molar-refractivity contribution >= 4 is 11.7 Å². The first-order valence-electron chi connectivity index (χ1n) is 5.71. The van der Waals surface area contributed by atoms with Crippen molar-refractivity contribution < 1.29 is 14.3 Å². The van der Waals surface area contributed by atoms with Crippen molar-refractivity contribution in [1.29, 1.82) is 0 Å². The fraction of sp³-hybridized carbons (Fsp3) is 0.462. The maximum atomic E-state index is 11.8. The molecule has 0 spiro atoms. The second kappa shape index (κ2) is 4.65. The molecule has 4 heteroatoms. The Hall–Kier alpha value is -1.71. The van der Waals surface area contributed by atoms with E-state index in [-0.39, 0.29) is 5.97 Å². The normalized spacial score (nSPS) is 16.8. The highest BCUT2D eigenvalue weighted by molar-refractivity contribution is 5.86. The minimum absolute atomic E-state index is 0.199. The van der Waals surface area contributed by atoms with Gasteiger partial charge in [-0.3, -0.25) is 0 Å². The van der Waals surface area contributed by atoms with Crippen molar-refractivity contribution in [3.63, 3.8) is 0 Å². The summed E-state index contributed by atoms with van der Waals surface area (Å²) in [6.07, 6.45) is 2.65. The van der Waals surface area contributed by atoms with Crippen LogP contribution in [0.4, 0.5) is 5.69 Å². The summed E-state index contributed by atoms with van der Waals surface area (Å²) in [7, 11) is 3.04. The van der Waals surface area contributed by atoms with Crippen molar-refractivity contribution in [2.75, 3.05) is 19.5 Å². The van der Waals surface area contributed by atoms with Gasteiger partial charge in [0.25, 0.3) is 0 Å². The molecule has 17 heavy (non-hydrogen) atoms. The lowest BCUT2D eigenvalue weighted by atomic mass is 9.76. The molecular formula is C13H17NO3. The van der Waals surface area contributed by atoms with Gasteiger partial charge in [0.1, 0.15) is 11.3 Å². The minimum atomic E-state index is -0.566. The van der Waals surface area contributed by atoms with Gasteiger partial charge in [-0.15, -0.1) is 0 Å². The molecule has 1 fully saturated rings. The predicted molar refractivity (Wildman–Crippen MR) is 65.2 cm³/mol. The zero-order chi connectivity index (χ0) is 12.3. The van der Waals surface area contributed by atoms with Gasteiger partial charge in [-0.05, 0) is 31.4 Å². The fourth-order valence-electron chi connectivity index (χ4n) is 2.11. The molecule has 0 saturated heterocycles. The molecular weight excluding hydrogens is 218 g/mol. The van der Waals surface area contributed by atoms with E-state index in [0.717, 1.165) is 30.7 Å². The van der Waals surface area contributed by atoms with Crippen LogP contribution in [0.3, 0.4) is 0 Å². The number of ether oxygens (including phenoxy) is 2. The third kappa shape index (κ3) is 2.07. The van der Waals surface area contributed by atoms with Gasteiger partial charge in [0, 0.05) is 0 Å². The van der Waals surface area contributed by atoms with Crippen LogP contribution in [0.15, 0.2) is 24.3 Å². The monoisotopic (exact) mass is 235 g/mol. The molecule has 1 N–H and O–H groups in total. The third-order valence-corrected chi connectivity index (χ3v) is 3.26. The Morgan fingerprint density at radius 3 is 2.53 bits per heavy atom. The Labute approximate surface area is 101 Å². The number of esters is 1. The smallest absolute Gasteiger partial charge is 0.331 e. The number of para-hydroxylation sites is 2. The van der Waals surface area contributed by atoms with Gasteiger partial charge in [-0.1, -0.05) is 12.1 Å². The summed E-state index contributed by atoms with van der Waals surface area (Å²) in [5, 5.41) is 3.26. The van der Waals surface area contributed by atoms with Crippen LogP contribution < -0.4 is 10.1 Å². The van der Waals surface area contributed by atoms with Gasteiger partial charge in [-0.25, -0.2) is 4.79 Å². The second-order valence-corrected chi connectivity index (χ2v) is 4.25. The van der Waals surface area contributed by atoms with Gasteiger partial charge in [0.05, 0.1) is 19.9 Å². The quantitative estimate of drug-likeness (QED) is 0.813. The number of rotatable bonds is 4. The predicted octanol–water partition coefficient (Wildman–Crippen LogP) is 2.20. The molecule has 0 amide bonds. The summed E-state index contributed by atoms with van der Waals surface area (Å²) in [6.45, 7) is 0. The summed E-state index contributed by atoms with van der Waals surface area (Å²) in [6, 6.07) is 7.58. The minimum Gasteiger partial charge on any atom is -0.495 e. The van der Waals surface area contributed by atoms with Crippen LogP contribution in [-0.2, 0) is 9.53 Å². The first-order chi connectivity index (χ1) is 8.22. The van der Waals surface area contributed by atoms with Crippen LogP contribution in [0.5, 0.6) is 5.75 Å². The van der Waals surface area contributed by atoms with E-state index in [2.05, 4.69) is 5.32 Å². The average molecular weight is 235 g/mol. The molecule has 2 rings (SSSR count). The van der Waals surface area contributed by atoms with Crippen molar-refractivity contribution in [3.05, 3.63) is 24.3 Å². The van der Waals surface area contributed by atoms with Crippen LogP contribution in [-0.4, -0.2) is 25.7 Å². The van der Waals surface area contributed by atoms with Crippen LogP contribution >= 0.6 is 0 Å². The highest BCUT2D eigenvalue weighted by Gasteiger charge is 2.45. The van der Waals surface area contributed by atoms with Crippen molar-refractivity contribution in [3.8, 4) is 5.75 Å². The number of methoxy groups -OCH3 is 2. The number of nitrogens with one attached hydrogen (secondary N) is 1. The molecule has 1 aromatic carbocycles. The van der Waals surface area contributed by atoms with Gasteiger partial charge in [-0.2, -0.15) is 0 Å². The SMILES string of the molecule is COC(=O)C1(Nc2ccccc2OC)CCC1. The molecule has 1 saturated carbocycles. The summed E-state index contributed by atoms with van der Waals surface area (Å²) >= 11 is 0. The number of hydrogen-bond donors (Lipinski definition) is 1. The Kier molecular flexibility index (Phi) is 3.22. The Balaban J connectivity index is 2.21. The molecule has 0 bridgehead atoms. The Morgan fingerprint density at radius 1 is 1.29 bits per heavy atom. The molecule has 4 nitrogen and oxygen atoms in total. The molecule has 0 radical (unpaired) electrons. The highest BCUT2D eigenvalue weighted by atomic mass is 16.5. The van der Waals surface area contributed by atoms with Crippen molar-refractivity contribution in [1.82, 2.24) is 0 Å². The van der Waals surface area contributed by atoms with E-state index >= 15 is 0 Å². The van der Waals surface area contributed by atoms with E-state index in [4.69, 9.17) is 9.47 Å². The zero-order valence-electron chi connectivity index (χ0n) is 10.2. The second-order valence-electron chi connectivity index (χ2n) is 4.25. The Morgan fingerprint density at radius 2 is 2.00 bits per heavy atom. The van der Waals surface area contributed by atoms with E-state index in [1.165, 1.54) is 7.11 Å². The van der Waals surface area contributed by atoms with Crippen LogP contribution in [0.2, 0.25) is 0 Å². The maximum absolute atomic E-state index is 11.8. The third-order valence-electron chi connectivity index (χ3n) is 3.26. The van der Waals surface area contributed by atoms with Gasteiger partial charge >= 0.3 is 5.97 Å². The lowest BCUT2D eigenvalue weighted by Crippen LogP contribution is -2.52. The number of benzene rings is 1. The molecule has 0 unspecified atom stereocenters. The number of carbonyl (C=O) groups excluding carboxylic acids is 1. The van der Waals surface area contributed by atoms with E-state index in [1.54, 1.807) is 7.11 Å². The van der Waals surface area contributed by atoms with Crippen LogP contribution in [0.25, 0.3) is 0 Å². The summed E-state index contributed by atoms with van der Waals surface area (Å²) in [4.78, 5) is 11.8. The first-order valence-corrected chi connectivity index (χ1v) is 5.71. The van der Waals surface area contributed by atoms with Crippen LogP contribution in [0.1, 0.15) is 19.3 Å². The maximum Gasteiger partial charge on any atom is 0.331 e. The lowest BCUT2D eigenvalue weighted by Gasteiger charge is -2.40. The summed E-state index contributed by atoms with van der Waals surface area (Å²) in [5.41, 5.74) is 0.267. The molecule has 0 aromatic heterocycles. The zero-order valence-corrected chi connectivity index (χ0v) is 10.2. The van der Waals surface area contributed by atoms with Gasteiger partial charge in [0.15, 0.2) is 0 Å². The molecule has 0 atom stereocenters. The molecule has 0 heterocycles. The molecule has 0 aliphatic heterocycles. The van der Waals surface area contributed by atoms with E-state index in [1.807, 2.05) is 24.3 Å². The topological polar surface area (TPSA) is 47.6 Å². The first kappa shape index (κ1) is 11.8. The number of anilines is 1. The number of carbonyl (C=O) groups is 1. The van der Waals surface area contributed by atoms with Gasteiger partial charge in [0.2, 0.25) is 0 Å². The van der Waals surface area contributed by atoms with E-state index < -0.39 is 5.54 Å². The Bertz CT molecular complexity index is 413. The molecule has 1 aliphatic carbocycles. The van der Waals surface area contributed by atoms with Gasteiger partial charge < -0.3 is 14.8 Å². The molecule has 1 aromatic rings. The largest absolute Gasteiger partial charge is 0.495 e. The summed E-state index contributed by atoms with van der Waals surface area (Å²) in [5.74, 6) is 0.539. The van der Waals surface area contributed by atoms with Crippen LogP contribution in [0, 0.1) is 0 Å². The van der Waals surface area contributed by atoms with E-state index in [0.29, 0.717) is 0 Å². The van der Waals surface area contributed by atoms with Crippen molar-refractivity contribution in [2.45, 2.75) is 24.8 Å². The standard InChI is InChI=1S/C13H17NO3/c1-16-11-7-4-3-6-10(11)14-13(8-5-9-13)12(15)17-2/h3-4,6-7,14H,5,8-9H2,1-2H3. The lowest BCUT2D eigenvalue weighted by molar-refractivity contribution is -0.149.